The van der Waals surface area contributed by atoms with E-state index in [0.717, 1.165) is 11.1 Å². The molecule has 0 spiro atoms. The number of carbonyl (C=O) groups excluding carboxylic acids is 2. The minimum Gasteiger partial charge on any atom is -0.497 e. The smallest absolute Gasteiger partial charge is 0.243 e. The zero-order valence-corrected chi connectivity index (χ0v) is 14.6. The first-order chi connectivity index (χ1) is 12.0. The third-order valence-corrected chi connectivity index (χ3v) is 3.74. The Morgan fingerprint density at radius 2 is 1.76 bits per heavy atom. The number of rotatable bonds is 7. The highest BCUT2D eigenvalue weighted by Crippen LogP contribution is 2.28. The summed E-state index contributed by atoms with van der Waals surface area (Å²) < 4.78 is 10.3. The summed E-state index contributed by atoms with van der Waals surface area (Å²) in [6.45, 7) is 1.84. The minimum absolute atomic E-state index is 0.111. The summed E-state index contributed by atoms with van der Waals surface area (Å²) in [5.41, 5.74) is 2.50. The fourth-order valence-corrected chi connectivity index (χ4v) is 2.32. The van der Waals surface area contributed by atoms with E-state index >= 15 is 0 Å². The van der Waals surface area contributed by atoms with E-state index in [0.29, 0.717) is 17.2 Å². The summed E-state index contributed by atoms with van der Waals surface area (Å²) in [5, 5.41) is 5.33. The van der Waals surface area contributed by atoms with E-state index < -0.39 is 0 Å². The van der Waals surface area contributed by atoms with Crippen molar-refractivity contribution in [1.82, 2.24) is 5.32 Å². The van der Waals surface area contributed by atoms with E-state index in [9.17, 15) is 9.59 Å². The number of carbonyl (C=O) groups is 2. The maximum Gasteiger partial charge on any atom is 0.243 e. The van der Waals surface area contributed by atoms with Gasteiger partial charge in [0.05, 0.1) is 32.9 Å². The van der Waals surface area contributed by atoms with E-state index in [-0.39, 0.29) is 24.8 Å². The van der Waals surface area contributed by atoms with E-state index in [1.165, 1.54) is 7.11 Å². The van der Waals surface area contributed by atoms with Crippen LogP contribution in [0.1, 0.15) is 11.1 Å². The molecule has 0 atom stereocenters. The topological polar surface area (TPSA) is 76.7 Å². The second-order valence-electron chi connectivity index (χ2n) is 5.49. The van der Waals surface area contributed by atoms with Gasteiger partial charge < -0.3 is 20.1 Å². The van der Waals surface area contributed by atoms with Crippen molar-refractivity contribution >= 4 is 17.5 Å². The first-order valence-electron chi connectivity index (χ1n) is 7.86. The van der Waals surface area contributed by atoms with Crippen LogP contribution in [-0.4, -0.2) is 32.6 Å². The summed E-state index contributed by atoms with van der Waals surface area (Å²) in [4.78, 5) is 24.0. The van der Waals surface area contributed by atoms with Crippen molar-refractivity contribution in [3.05, 3.63) is 53.6 Å². The Morgan fingerprint density at radius 3 is 2.44 bits per heavy atom. The summed E-state index contributed by atoms with van der Waals surface area (Å²) in [7, 11) is 3.06. The van der Waals surface area contributed by atoms with E-state index in [2.05, 4.69) is 10.6 Å². The number of hydrogen-bond acceptors (Lipinski definition) is 4. The minimum atomic E-state index is -0.332. The highest BCUT2D eigenvalue weighted by atomic mass is 16.5. The molecule has 0 radical (unpaired) electrons. The van der Waals surface area contributed by atoms with Crippen LogP contribution >= 0.6 is 0 Å². The van der Waals surface area contributed by atoms with Crippen molar-refractivity contribution in [1.29, 1.82) is 0 Å². The average molecular weight is 342 g/mol. The van der Waals surface area contributed by atoms with Gasteiger partial charge in [-0.15, -0.1) is 0 Å². The van der Waals surface area contributed by atoms with Gasteiger partial charge in [-0.2, -0.15) is 0 Å². The van der Waals surface area contributed by atoms with E-state index in [4.69, 9.17) is 9.47 Å². The molecule has 0 fully saturated rings. The van der Waals surface area contributed by atoms with Crippen LogP contribution in [0, 0.1) is 6.92 Å². The fraction of sp³-hybridized carbons (Fsp3) is 0.263. The van der Waals surface area contributed by atoms with Gasteiger partial charge in [-0.25, -0.2) is 0 Å². The maximum absolute atomic E-state index is 12.0. The number of benzene rings is 2. The normalized spacial score (nSPS) is 10.0. The van der Waals surface area contributed by atoms with Crippen LogP contribution in [0.25, 0.3) is 0 Å². The van der Waals surface area contributed by atoms with Crippen LogP contribution in [0.4, 0.5) is 5.69 Å². The predicted octanol–water partition coefficient (Wildman–Crippen LogP) is 2.31. The fourth-order valence-electron chi connectivity index (χ4n) is 2.32. The molecule has 0 bridgehead atoms. The molecule has 2 aromatic rings. The predicted molar refractivity (Wildman–Crippen MR) is 96.1 cm³/mol. The third-order valence-electron chi connectivity index (χ3n) is 3.74. The number of amides is 2. The molecule has 2 rings (SSSR count). The highest BCUT2D eigenvalue weighted by Gasteiger charge is 2.11. The van der Waals surface area contributed by atoms with Gasteiger partial charge in [0.15, 0.2) is 0 Å². The van der Waals surface area contributed by atoms with Gasteiger partial charge in [0, 0.05) is 6.07 Å². The molecule has 0 aliphatic heterocycles. The Hall–Kier alpha value is -3.02. The van der Waals surface area contributed by atoms with Crippen molar-refractivity contribution in [3.8, 4) is 11.5 Å². The standard InChI is InChI=1S/C19H22N2O4/c1-13-6-4-5-7-14(13)10-18(22)20-12-19(23)21-16-9-8-15(24-2)11-17(16)25-3/h4-9,11H,10,12H2,1-3H3,(H,20,22)(H,21,23). The molecule has 0 aliphatic rings. The van der Waals surface area contributed by atoms with Crippen molar-refractivity contribution < 1.29 is 19.1 Å². The molecule has 25 heavy (non-hydrogen) atoms. The number of nitrogens with one attached hydrogen (secondary N) is 2. The Bertz CT molecular complexity index is 759. The van der Waals surface area contributed by atoms with Crippen molar-refractivity contribution in [2.45, 2.75) is 13.3 Å². The third kappa shape index (κ3) is 5.24. The van der Waals surface area contributed by atoms with Crippen molar-refractivity contribution in [3.63, 3.8) is 0 Å². The largest absolute Gasteiger partial charge is 0.497 e. The summed E-state index contributed by atoms with van der Waals surface area (Å²) in [6, 6.07) is 12.7. The average Bonchev–Trinajstić information content (AvgIpc) is 2.62. The summed E-state index contributed by atoms with van der Waals surface area (Å²) >= 11 is 0. The van der Waals surface area contributed by atoms with Gasteiger partial charge in [-0.1, -0.05) is 24.3 Å². The van der Waals surface area contributed by atoms with Crippen LogP contribution in [-0.2, 0) is 16.0 Å². The monoisotopic (exact) mass is 342 g/mol. The molecule has 2 aromatic carbocycles. The number of hydrogen-bond donors (Lipinski definition) is 2. The van der Waals surface area contributed by atoms with Gasteiger partial charge in [0.25, 0.3) is 0 Å². The summed E-state index contributed by atoms with van der Waals surface area (Å²) in [6.07, 6.45) is 0.242. The first-order valence-corrected chi connectivity index (χ1v) is 7.86. The Balaban J connectivity index is 1.88. The molecule has 0 aromatic heterocycles. The molecule has 0 saturated carbocycles. The quantitative estimate of drug-likeness (QED) is 0.809. The lowest BCUT2D eigenvalue weighted by Gasteiger charge is -2.12. The van der Waals surface area contributed by atoms with Crippen LogP contribution in [0.3, 0.4) is 0 Å². The van der Waals surface area contributed by atoms with Gasteiger partial charge >= 0.3 is 0 Å². The lowest BCUT2D eigenvalue weighted by molar-refractivity contribution is -0.123. The SMILES string of the molecule is COc1ccc(NC(=O)CNC(=O)Cc2ccccc2C)c(OC)c1. The van der Waals surface area contributed by atoms with Gasteiger partial charge in [0.1, 0.15) is 11.5 Å². The van der Waals surface area contributed by atoms with E-state index in [1.807, 2.05) is 31.2 Å². The molecule has 132 valence electrons. The molecule has 0 saturated heterocycles. The molecule has 6 heteroatoms. The number of ether oxygens (including phenoxy) is 2. The molecule has 0 aliphatic carbocycles. The van der Waals surface area contributed by atoms with Gasteiger partial charge in [0.2, 0.25) is 11.8 Å². The molecule has 6 nitrogen and oxygen atoms in total. The highest BCUT2D eigenvalue weighted by molar-refractivity contribution is 5.96. The van der Waals surface area contributed by atoms with E-state index in [1.54, 1.807) is 25.3 Å². The Labute approximate surface area is 147 Å². The molecular formula is C19H22N2O4. The van der Waals surface area contributed by atoms with Crippen molar-refractivity contribution in [2.24, 2.45) is 0 Å². The lowest BCUT2D eigenvalue weighted by Crippen LogP contribution is -2.34. The maximum atomic E-state index is 12.0. The molecule has 2 amide bonds. The zero-order valence-electron chi connectivity index (χ0n) is 14.6. The summed E-state index contributed by atoms with van der Waals surface area (Å²) in [5.74, 6) is 0.577. The number of methoxy groups -OCH3 is 2. The second-order valence-corrected chi connectivity index (χ2v) is 5.49. The van der Waals surface area contributed by atoms with Gasteiger partial charge in [-0.05, 0) is 30.2 Å². The molecule has 0 heterocycles. The van der Waals surface area contributed by atoms with Crippen molar-refractivity contribution in [2.75, 3.05) is 26.1 Å². The second kappa shape index (κ2) is 8.73. The van der Waals surface area contributed by atoms with Crippen LogP contribution < -0.4 is 20.1 Å². The Morgan fingerprint density at radius 1 is 1.00 bits per heavy atom. The van der Waals surface area contributed by atoms with Gasteiger partial charge in [-0.3, -0.25) is 9.59 Å². The van der Waals surface area contributed by atoms with Crippen LogP contribution in [0.2, 0.25) is 0 Å². The molecular weight excluding hydrogens is 320 g/mol. The molecule has 0 unspecified atom stereocenters. The number of aryl methyl sites for hydroxylation is 1. The number of anilines is 1. The van der Waals surface area contributed by atoms with Crippen LogP contribution in [0.15, 0.2) is 42.5 Å². The lowest BCUT2D eigenvalue weighted by atomic mass is 10.1. The van der Waals surface area contributed by atoms with Crippen LogP contribution in [0.5, 0.6) is 11.5 Å². The first kappa shape index (κ1) is 18.3. The molecule has 2 N–H and O–H groups in total. The Kier molecular flexibility index (Phi) is 6.39. The zero-order chi connectivity index (χ0) is 18.2.